The van der Waals surface area contributed by atoms with Crippen molar-refractivity contribution in [3.63, 3.8) is 0 Å². The Morgan fingerprint density at radius 3 is 2.46 bits per heavy atom. The molecule has 1 aromatic carbocycles. The third-order valence-corrected chi connectivity index (χ3v) is 4.15. The third kappa shape index (κ3) is 6.01. The molecule has 1 fully saturated rings. The van der Waals surface area contributed by atoms with Crippen molar-refractivity contribution in [1.82, 2.24) is 0 Å². The standard InChI is InChI=1S/C18H26O8/c19-10-13-15(21)16(22)17(23)18(26-13)24-9-5-4-8-14(20)25-11-12-6-2-1-3-7-12/h1-3,6-7,13,15-19,21-23H,4-5,8-11H2/t13?,15-,16+,17?,18+/m1/s1. The second-order valence-corrected chi connectivity index (χ2v) is 6.17. The molecule has 0 aromatic heterocycles. The van der Waals surface area contributed by atoms with Gasteiger partial charge in [0, 0.05) is 13.0 Å². The zero-order valence-corrected chi connectivity index (χ0v) is 14.4. The lowest BCUT2D eigenvalue weighted by molar-refractivity contribution is -0.301. The van der Waals surface area contributed by atoms with Crippen molar-refractivity contribution in [2.75, 3.05) is 13.2 Å². The molecule has 4 N–H and O–H groups in total. The van der Waals surface area contributed by atoms with E-state index in [2.05, 4.69) is 0 Å². The van der Waals surface area contributed by atoms with Gasteiger partial charge in [-0.15, -0.1) is 0 Å². The smallest absolute Gasteiger partial charge is 0.306 e. The zero-order valence-electron chi connectivity index (χ0n) is 14.4. The van der Waals surface area contributed by atoms with E-state index >= 15 is 0 Å². The molecule has 1 aromatic rings. The summed E-state index contributed by atoms with van der Waals surface area (Å²) in [7, 11) is 0. The summed E-state index contributed by atoms with van der Waals surface area (Å²) in [5.74, 6) is -0.304. The molecule has 1 saturated heterocycles. The van der Waals surface area contributed by atoms with Crippen LogP contribution < -0.4 is 0 Å². The molecular formula is C18H26O8. The summed E-state index contributed by atoms with van der Waals surface area (Å²) < 4.78 is 15.7. The molecule has 1 aliphatic rings. The molecule has 5 atom stereocenters. The minimum absolute atomic E-state index is 0.189. The minimum atomic E-state index is -1.46. The minimum Gasteiger partial charge on any atom is -0.461 e. The Bertz CT molecular complexity index is 535. The molecule has 0 bridgehead atoms. The number of carbonyl (C=O) groups excluding carboxylic acids is 1. The Hall–Kier alpha value is -1.55. The molecule has 0 radical (unpaired) electrons. The molecule has 1 heterocycles. The van der Waals surface area contributed by atoms with Gasteiger partial charge in [0.15, 0.2) is 6.29 Å². The number of aliphatic hydroxyl groups excluding tert-OH is 4. The zero-order chi connectivity index (χ0) is 18.9. The first-order valence-corrected chi connectivity index (χ1v) is 8.64. The average Bonchev–Trinajstić information content (AvgIpc) is 2.66. The molecule has 8 heteroatoms. The van der Waals surface area contributed by atoms with Gasteiger partial charge in [0.05, 0.1) is 6.61 Å². The predicted molar refractivity (Wildman–Crippen MR) is 89.8 cm³/mol. The van der Waals surface area contributed by atoms with Crippen molar-refractivity contribution >= 4 is 5.97 Å². The number of esters is 1. The fourth-order valence-corrected chi connectivity index (χ4v) is 2.59. The van der Waals surface area contributed by atoms with Crippen molar-refractivity contribution < 1.29 is 39.4 Å². The van der Waals surface area contributed by atoms with Crippen LogP contribution in [0.25, 0.3) is 0 Å². The van der Waals surface area contributed by atoms with E-state index in [1.165, 1.54) is 0 Å². The Morgan fingerprint density at radius 2 is 1.77 bits per heavy atom. The third-order valence-electron chi connectivity index (χ3n) is 4.15. The lowest BCUT2D eigenvalue weighted by atomic mass is 9.99. The topological polar surface area (TPSA) is 126 Å². The summed E-state index contributed by atoms with van der Waals surface area (Å²) in [6.07, 6.45) is -5.12. The summed E-state index contributed by atoms with van der Waals surface area (Å²) in [5, 5.41) is 38.3. The highest BCUT2D eigenvalue weighted by molar-refractivity contribution is 5.69. The van der Waals surface area contributed by atoms with Crippen LogP contribution in [-0.2, 0) is 25.6 Å². The van der Waals surface area contributed by atoms with Crippen LogP contribution in [0.5, 0.6) is 0 Å². The van der Waals surface area contributed by atoms with Gasteiger partial charge < -0.3 is 34.6 Å². The van der Waals surface area contributed by atoms with E-state index in [1.54, 1.807) is 0 Å². The number of aliphatic hydroxyl groups is 4. The second kappa shape index (κ2) is 10.6. The summed E-state index contributed by atoms with van der Waals surface area (Å²) in [5.41, 5.74) is 0.923. The van der Waals surface area contributed by atoms with E-state index in [4.69, 9.17) is 19.3 Å². The fraction of sp³-hybridized carbons (Fsp3) is 0.611. The van der Waals surface area contributed by atoms with Crippen molar-refractivity contribution in [3.8, 4) is 0 Å². The Kier molecular flexibility index (Phi) is 8.43. The Morgan fingerprint density at radius 1 is 1.04 bits per heavy atom. The van der Waals surface area contributed by atoms with Crippen LogP contribution in [0.3, 0.4) is 0 Å². The van der Waals surface area contributed by atoms with Gasteiger partial charge in [-0.05, 0) is 18.4 Å². The quantitative estimate of drug-likeness (QED) is 0.345. The molecule has 0 aliphatic carbocycles. The number of hydrogen-bond acceptors (Lipinski definition) is 8. The maximum Gasteiger partial charge on any atom is 0.306 e. The first-order valence-electron chi connectivity index (χ1n) is 8.64. The van der Waals surface area contributed by atoms with E-state index in [9.17, 15) is 20.1 Å². The van der Waals surface area contributed by atoms with E-state index in [-0.39, 0.29) is 25.6 Å². The van der Waals surface area contributed by atoms with E-state index in [1.807, 2.05) is 30.3 Å². The SMILES string of the molecule is O=C(CCCCO[C@H]1OC(CO)[C@@H](O)[C@H](O)C1O)OCc1ccccc1. The number of hydrogen-bond donors (Lipinski definition) is 4. The molecule has 26 heavy (non-hydrogen) atoms. The molecule has 0 saturated carbocycles. The van der Waals surface area contributed by atoms with Crippen molar-refractivity contribution in [1.29, 1.82) is 0 Å². The van der Waals surface area contributed by atoms with Crippen LogP contribution in [0, 0.1) is 0 Å². The van der Waals surface area contributed by atoms with Crippen LogP contribution >= 0.6 is 0 Å². The maximum absolute atomic E-state index is 11.7. The average molecular weight is 370 g/mol. The van der Waals surface area contributed by atoms with Crippen molar-refractivity contribution in [2.24, 2.45) is 0 Å². The van der Waals surface area contributed by atoms with E-state index in [0.717, 1.165) is 5.56 Å². The highest BCUT2D eigenvalue weighted by Crippen LogP contribution is 2.22. The van der Waals surface area contributed by atoms with Gasteiger partial charge in [-0.3, -0.25) is 4.79 Å². The number of carbonyl (C=O) groups is 1. The molecule has 8 nitrogen and oxygen atoms in total. The fourth-order valence-electron chi connectivity index (χ4n) is 2.59. The molecule has 0 amide bonds. The number of ether oxygens (including phenoxy) is 3. The van der Waals surface area contributed by atoms with Crippen molar-refractivity contribution in [3.05, 3.63) is 35.9 Å². The van der Waals surface area contributed by atoms with Crippen molar-refractivity contribution in [2.45, 2.75) is 56.6 Å². The molecule has 2 rings (SSSR count). The van der Waals surface area contributed by atoms with E-state index in [0.29, 0.717) is 12.8 Å². The van der Waals surface area contributed by atoms with Crippen LogP contribution in [-0.4, -0.2) is 70.3 Å². The van der Waals surface area contributed by atoms with Gasteiger partial charge >= 0.3 is 5.97 Å². The van der Waals surface area contributed by atoms with Crippen LogP contribution in [0.4, 0.5) is 0 Å². The van der Waals surface area contributed by atoms with Gasteiger partial charge in [0.2, 0.25) is 0 Å². The van der Waals surface area contributed by atoms with E-state index < -0.39 is 37.3 Å². The molecule has 0 spiro atoms. The Balaban J connectivity index is 1.60. The lowest BCUT2D eigenvalue weighted by Gasteiger charge is -2.39. The largest absolute Gasteiger partial charge is 0.461 e. The monoisotopic (exact) mass is 370 g/mol. The Labute approximate surface area is 151 Å². The predicted octanol–water partition coefficient (Wildman–Crippen LogP) is -0.283. The summed E-state index contributed by atoms with van der Waals surface area (Å²) in [6, 6.07) is 9.39. The number of unbranched alkanes of at least 4 members (excludes halogenated alkanes) is 1. The lowest BCUT2D eigenvalue weighted by Crippen LogP contribution is -2.59. The summed E-state index contributed by atoms with van der Waals surface area (Å²) in [6.45, 7) is -0.0756. The normalized spacial score (nSPS) is 28.7. The van der Waals surface area contributed by atoms with Crippen LogP contribution in [0.2, 0.25) is 0 Å². The van der Waals surface area contributed by atoms with Gasteiger partial charge in [0.1, 0.15) is 31.0 Å². The van der Waals surface area contributed by atoms with Gasteiger partial charge in [-0.1, -0.05) is 30.3 Å². The molecule has 2 unspecified atom stereocenters. The summed E-state index contributed by atoms with van der Waals surface area (Å²) in [4.78, 5) is 11.7. The van der Waals surface area contributed by atoms with Crippen LogP contribution in [0.15, 0.2) is 30.3 Å². The number of rotatable bonds is 9. The molecule has 146 valence electrons. The maximum atomic E-state index is 11.7. The molecular weight excluding hydrogens is 344 g/mol. The van der Waals surface area contributed by atoms with Gasteiger partial charge in [-0.25, -0.2) is 0 Å². The number of benzene rings is 1. The molecule has 1 aliphatic heterocycles. The highest BCUT2D eigenvalue weighted by atomic mass is 16.7. The van der Waals surface area contributed by atoms with Crippen LogP contribution in [0.1, 0.15) is 24.8 Å². The highest BCUT2D eigenvalue weighted by Gasteiger charge is 2.43. The first kappa shape index (κ1) is 20.8. The first-order chi connectivity index (χ1) is 12.5. The summed E-state index contributed by atoms with van der Waals surface area (Å²) >= 11 is 0. The van der Waals surface area contributed by atoms with Gasteiger partial charge in [-0.2, -0.15) is 0 Å². The van der Waals surface area contributed by atoms with Gasteiger partial charge in [0.25, 0.3) is 0 Å². The second-order valence-electron chi connectivity index (χ2n) is 6.17.